The van der Waals surface area contributed by atoms with E-state index in [2.05, 4.69) is 5.32 Å². The quantitative estimate of drug-likeness (QED) is 0.313. The molecule has 10 heavy (non-hydrogen) atoms. The second-order valence-corrected chi connectivity index (χ2v) is 2.16. The van der Waals surface area contributed by atoms with E-state index < -0.39 is 11.8 Å². The lowest BCUT2D eigenvalue weighted by molar-refractivity contribution is -0.0835. The van der Waals surface area contributed by atoms with Gasteiger partial charge in [-0.15, -0.1) is 0 Å². The van der Waals surface area contributed by atoms with E-state index in [1.54, 1.807) is 14.0 Å². The molecule has 0 aromatic rings. The summed E-state index contributed by atoms with van der Waals surface area (Å²) in [6.07, 6.45) is -0.0255. The molecule has 4 heteroatoms. The van der Waals surface area contributed by atoms with Crippen LogP contribution in [0.3, 0.4) is 0 Å². The monoisotopic (exact) mass is 146 g/mol. The Morgan fingerprint density at radius 1 is 1.70 bits per heavy atom. The molecular weight excluding hydrogens is 132 g/mol. The summed E-state index contributed by atoms with van der Waals surface area (Å²) in [6, 6.07) is 0. The molecule has 0 fully saturated rings. The molecule has 0 aromatic carbocycles. The lowest BCUT2D eigenvalue weighted by Gasteiger charge is -2.29. The zero-order chi connectivity index (χ0) is 8.20. The first kappa shape index (κ1) is 9.55. The second kappa shape index (κ2) is 3.65. The maximum Gasteiger partial charge on any atom is 0.175 e. The van der Waals surface area contributed by atoms with Gasteiger partial charge >= 0.3 is 0 Å². The van der Waals surface area contributed by atoms with Gasteiger partial charge in [0.15, 0.2) is 6.29 Å². The number of nitrogens with one attached hydrogen (secondary N) is 2. The third-order valence-electron chi connectivity index (χ3n) is 1.77. The smallest absolute Gasteiger partial charge is 0.175 e. The van der Waals surface area contributed by atoms with Gasteiger partial charge in [0.25, 0.3) is 0 Å². The van der Waals surface area contributed by atoms with E-state index in [4.69, 9.17) is 15.6 Å². The molecule has 0 radical (unpaired) electrons. The molecule has 1 unspecified atom stereocenters. The van der Waals surface area contributed by atoms with Crippen LogP contribution >= 0.6 is 0 Å². The van der Waals surface area contributed by atoms with Crippen molar-refractivity contribution in [1.29, 1.82) is 5.41 Å². The first-order valence-corrected chi connectivity index (χ1v) is 3.19. The Morgan fingerprint density at radius 2 is 2.20 bits per heavy atom. The Bertz CT molecular complexity index is 110. The van der Waals surface area contributed by atoms with Crippen LogP contribution in [0.4, 0.5) is 0 Å². The molecule has 4 N–H and O–H groups in total. The summed E-state index contributed by atoms with van der Waals surface area (Å²) < 4.78 is 0. The van der Waals surface area contributed by atoms with Gasteiger partial charge < -0.3 is 20.9 Å². The zero-order valence-corrected chi connectivity index (χ0v) is 6.26. The van der Waals surface area contributed by atoms with Gasteiger partial charge in [-0.05, 0) is 13.5 Å². The summed E-state index contributed by atoms with van der Waals surface area (Å²) in [7, 11) is 1.59. The fraction of sp³-hybridized carbons (Fsp3) is 0.833. The molecule has 4 nitrogen and oxygen atoms in total. The van der Waals surface area contributed by atoms with Crippen molar-refractivity contribution in [2.45, 2.75) is 25.2 Å². The van der Waals surface area contributed by atoms with Crippen LogP contribution < -0.4 is 5.32 Å². The Hall–Kier alpha value is -0.450. The summed E-state index contributed by atoms with van der Waals surface area (Å²) in [5.74, 6) is 0. The van der Waals surface area contributed by atoms with E-state index in [1.165, 1.54) is 0 Å². The van der Waals surface area contributed by atoms with Crippen LogP contribution in [0.15, 0.2) is 0 Å². The van der Waals surface area contributed by atoms with Gasteiger partial charge in [0, 0.05) is 6.21 Å². The largest absolute Gasteiger partial charge is 0.366 e. The molecule has 1 atom stereocenters. The predicted octanol–water partition coefficient (Wildman–Crippen LogP) is -0.685. The third-order valence-corrected chi connectivity index (χ3v) is 1.77. The van der Waals surface area contributed by atoms with E-state index in [0.717, 1.165) is 6.21 Å². The molecule has 0 aliphatic rings. The topological polar surface area (TPSA) is 76.3 Å². The summed E-state index contributed by atoms with van der Waals surface area (Å²) in [5, 5.41) is 27.2. The molecule has 0 aliphatic carbocycles. The van der Waals surface area contributed by atoms with Crippen LogP contribution in [0, 0.1) is 5.41 Å². The van der Waals surface area contributed by atoms with Crippen LogP contribution in [0.5, 0.6) is 0 Å². The van der Waals surface area contributed by atoms with Crippen molar-refractivity contribution in [3.63, 3.8) is 0 Å². The number of aliphatic hydroxyl groups is 2. The third kappa shape index (κ3) is 1.53. The normalized spacial score (nSPS) is 16.9. The van der Waals surface area contributed by atoms with Crippen molar-refractivity contribution in [1.82, 2.24) is 5.32 Å². The minimum atomic E-state index is -1.51. The Morgan fingerprint density at radius 3 is 2.20 bits per heavy atom. The standard InChI is InChI=1S/C6H14N2O2/c1-3-6(4-7,8-2)5(9)10/h4-5,7-10H,3H2,1-2H3. The zero-order valence-electron chi connectivity index (χ0n) is 6.26. The highest BCUT2D eigenvalue weighted by molar-refractivity contribution is 5.67. The van der Waals surface area contributed by atoms with E-state index in [0.29, 0.717) is 6.42 Å². The predicted molar refractivity (Wildman–Crippen MR) is 39.1 cm³/mol. The van der Waals surface area contributed by atoms with E-state index in [9.17, 15) is 0 Å². The second-order valence-electron chi connectivity index (χ2n) is 2.16. The number of likely N-dealkylation sites (N-methyl/N-ethyl adjacent to an activating group) is 1. The lowest BCUT2D eigenvalue weighted by Crippen LogP contribution is -2.53. The average molecular weight is 146 g/mol. The molecule has 0 saturated heterocycles. The number of rotatable bonds is 4. The van der Waals surface area contributed by atoms with Crippen LogP contribution in [-0.4, -0.2) is 35.3 Å². The lowest BCUT2D eigenvalue weighted by atomic mass is 9.97. The molecule has 0 amide bonds. The number of hydrogen-bond acceptors (Lipinski definition) is 4. The minimum Gasteiger partial charge on any atom is -0.366 e. The first-order valence-electron chi connectivity index (χ1n) is 3.19. The first-order chi connectivity index (χ1) is 4.63. The average Bonchev–Trinajstić information content (AvgIpc) is 1.92. The van der Waals surface area contributed by atoms with Crippen molar-refractivity contribution in [3.05, 3.63) is 0 Å². The molecule has 0 aromatic heterocycles. The highest BCUT2D eigenvalue weighted by atomic mass is 16.5. The summed E-state index contributed by atoms with van der Waals surface area (Å²) in [4.78, 5) is 0. The Balaban J connectivity index is 4.30. The Kier molecular flexibility index (Phi) is 3.49. The SMILES string of the molecule is CCC(C=N)(NC)C(O)O. The molecule has 0 bridgehead atoms. The van der Waals surface area contributed by atoms with Gasteiger partial charge in [-0.1, -0.05) is 6.92 Å². The van der Waals surface area contributed by atoms with Gasteiger partial charge in [0.1, 0.15) is 5.54 Å². The van der Waals surface area contributed by atoms with Gasteiger partial charge in [0.05, 0.1) is 0 Å². The molecule has 0 rings (SSSR count). The van der Waals surface area contributed by atoms with Crippen molar-refractivity contribution in [2.24, 2.45) is 0 Å². The van der Waals surface area contributed by atoms with Crippen LogP contribution in [-0.2, 0) is 0 Å². The Labute approximate surface area is 60.4 Å². The van der Waals surface area contributed by atoms with Crippen molar-refractivity contribution in [2.75, 3.05) is 7.05 Å². The maximum atomic E-state index is 8.80. The number of aliphatic hydroxyl groups excluding tert-OH is 1. The fourth-order valence-corrected chi connectivity index (χ4v) is 0.737. The van der Waals surface area contributed by atoms with Gasteiger partial charge in [-0.25, -0.2) is 0 Å². The van der Waals surface area contributed by atoms with Crippen LogP contribution in [0.25, 0.3) is 0 Å². The van der Waals surface area contributed by atoms with E-state index in [-0.39, 0.29) is 0 Å². The molecule has 0 spiro atoms. The van der Waals surface area contributed by atoms with Crippen molar-refractivity contribution >= 4 is 6.21 Å². The van der Waals surface area contributed by atoms with Crippen molar-refractivity contribution < 1.29 is 10.2 Å². The van der Waals surface area contributed by atoms with Crippen LogP contribution in [0.1, 0.15) is 13.3 Å². The van der Waals surface area contributed by atoms with E-state index in [1.807, 2.05) is 0 Å². The summed E-state index contributed by atoms with van der Waals surface area (Å²) in [6.45, 7) is 1.78. The van der Waals surface area contributed by atoms with Crippen molar-refractivity contribution in [3.8, 4) is 0 Å². The molecule has 0 saturated carbocycles. The van der Waals surface area contributed by atoms with Gasteiger partial charge in [0.2, 0.25) is 0 Å². The minimum absolute atomic E-state index is 0.477. The highest BCUT2D eigenvalue weighted by Gasteiger charge is 2.30. The highest BCUT2D eigenvalue weighted by Crippen LogP contribution is 2.09. The van der Waals surface area contributed by atoms with E-state index >= 15 is 0 Å². The fourth-order valence-electron chi connectivity index (χ4n) is 0.737. The molecule has 60 valence electrons. The van der Waals surface area contributed by atoms with Crippen LogP contribution in [0.2, 0.25) is 0 Å². The van der Waals surface area contributed by atoms with Gasteiger partial charge in [-0.2, -0.15) is 0 Å². The molecular formula is C6H14N2O2. The van der Waals surface area contributed by atoms with Gasteiger partial charge in [-0.3, -0.25) is 0 Å². The number of hydrogen-bond donors (Lipinski definition) is 4. The molecule has 0 aliphatic heterocycles. The summed E-state index contributed by atoms with van der Waals surface area (Å²) >= 11 is 0. The maximum absolute atomic E-state index is 8.80. The summed E-state index contributed by atoms with van der Waals surface area (Å²) in [5.41, 5.74) is -0.972. The molecule has 0 heterocycles.